The summed E-state index contributed by atoms with van der Waals surface area (Å²) >= 11 is 5.39. The van der Waals surface area contributed by atoms with Crippen molar-refractivity contribution in [3.05, 3.63) is 63.2 Å². The molecule has 0 aliphatic rings. The van der Waals surface area contributed by atoms with Gasteiger partial charge in [-0.05, 0) is 40.3 Å². The maximum absolute atomic E-state index is 11.6. The summed E-state index contributed by atoms with van der Waals surface area (Å²) in [5, 5.41) is 0.325. The SMILES string of the molecule is O=C(CBr)c1ccc(I)c(OCc2ccccc2)c1. The highest BCUT2D eigenvalue weighted by molar-refractivity contribution is 14.1. The van der Waals surface area contributed by atoms with Crippen LogP contribution in [0, 0.1) is 3.57 Å². The Balaban J connectivity index is 2.13. The van der Waals surface area contributed by atoms with E-state index in [4.69, 9.17) is 4.74 Å². The Morgan fingerprint density at radius 1 is 1.16 bits per heavy atom. The molecule has 98 valence electrons. The molecule has 0 saturated heterocycles. The van der Waals surface area contributed by atoms with E-state index in [2.05, 4.69) is 38.5 Å². The molecule has 0 aromatic heterocycles. The van der Waals surface area contributed by atoms with Crippen LogP contribution in [0.1, 0.15) is 15.9 Å². The lowest BCUT2D eigenvalue weighted by molar-refractivity contribution is 0.102. The summed E-state index contributed by atoms with van der Waals surface area (Å²) in [5.41, 5.74) is 1.77. The molecule has 0 spiro atoms. The van der Waals surface area contributed by atoms with Crippen molar-refractivity contribution in [2.45, 2.75) is 6.61 Å². The van der Waals surface area contributed by atoms with Crippen molar-refractivity contribution in [3.63, 3.8) is 0 Å². The number of ketones is 1. The highest BCUT2D eigenvalue weighted by atomic mass is 127. The summed E-state index contributed by atoms with van der Waals surface area (Å²) in [5.74, 6) is 0.803. The van der Waals surface area contributed by atoms with E-state index in [0.29, 0.717) is 17.5 Å². The Labute approximate surface area is 134 Å². The van der Waals surface area contributed by atoms with Crippen LogP contribution in [0.25, 0.3) is 0 Å². The standard InChI is InChI=1S/C15H12BrIO2/c16-9-14(18)12-6-7-13(17)15(8-12)19-10-11-4-2-1-3-5-11/h1-8H,9-10H2. The molecule has 0 bridgehead atoms. The molecule has 0 N–H and O–H groups in total. The maximum atomic E-state index is 11.6. The van der Waals surface area contributed by atoms with E-state index in [0.717, 1.165) is 14.9 Å². The van der Waals surface area contributed by atoms with E-state index in [1.165, 1.54) is 0 Å². The molecule has 0 aliphatic carbocycles. The topological polar surface area (TPSA) is 26.3 Å². The van der Waals surface area contributed by atoms with E-state index in [1.807, 2.05) is 42.5 Å². The number of carbonyl (C=O) groups is 1. The highest BCUT2D eigenvalue weighted by Crippen LogP contribution is 2.24. The van der Waals surface area contributed by atoms with Gasteiger partial charge in [-0.3, -0.25) is 4.79 Å². The van der Waals surface area contributed by atoms with Gasteiger partial charge >= 0.3 is 0 Å². The number of hydrogen-bond acceptors (Lipinski definition) is 2. The molecule has 0 saturated carbocycles. The summed E-state index contributed by atoms with van der Waals surface area (Å²) in [6, 6.07) is 15.5. The molecular formula is C15H12BrIO2. The number of benzene rings is 2. The lowest BCUT2D eigenvalue weighted by Gasteiger charge is -2.09. The van der Waals surface area contributed by atoms with Gasteiger partial charge in [-0.15, -0.1) is 0 Å². The van der Waals surface area contributed by atoms with Gasteiger partial charge in [-0.25, -0.2) is 0 Å². The normalized spacial score (nSPS) is 10.2. The van der Waals surface area contributed by atoms with Gasteiger partial charge in [0.05, 0.1) is 8.90 Å². The summed E-state index contributed by atoms with van der Waals surface area (Å²) < 4.78 is 6.78. The van der Waals surface area contributed by atoms with Crippen LogP contribution in [0.3, 0.4) is 0 Å². The summed E-state index contributed by atoms with van der Waals surface area (Å²) in [7, 11) is 0. The Kier molecular flexibility index (Phi) is 5.39. The summed E-state index contributed by atoms with van der Waals surface area (Å²) in [6.45, 7) is 0.503. The van der Waals surface area contributed by atoms with E-state index < -0.39 is 0 Å². The molecule has 4 heteroatoms. The van der Waals surface area contributed by atoms with Crippen LogP contribution in [-0.4, -0.2) is 11.1 Å². The van der Waals surface area contributed by atoms with E-state index in [1.54, 1.807) is 6.07 Å². The zero-order valence-corrected chi connectivity index (χ0v) is 13.8. The fourth-order valence-electron chi connectivity index (χ4n) is 1.60. The van der Waals surface area contributed by atoms with E-state index in [-0.39, 0.29) is 5.78 Å². The minimum Gasteiger partial charge on any atom is -0.488 e. The quantitative estimate of drug-likeness (QED) is 0.398. The number of halogens is 2. The first-order valence-electron chi connectivity index (χ1n) is 5.76. The monoisotopic (exact) mass is 430 g/mol. The smallest absolute Gasteiger partial charge is 0.173 e. The van der Waals surface area contributed by atoms with Gasteiger partial charge in [-0.2, -0.15) is 0 Å². The van der Waals surface area contributed by atoms with Crippen LogP contribution < -0.4 is 4.74 Å². The first-order chi connectivity index (χ1) is 9.20. The van der Waals surface area contributed by atoms with Crippen molar-refractivity contribution < 1.29 is 9.53 Å². The molecule has 0 atom stereocenters. The molecule has 0 aliphatic heterocycles. The molecule has 2 aromatic carbocycles. The van der Waals surface area contributed by atoms with Gasteiger partial charge < -0.3 is 4.74 Å². The minimum atomic E-state index is 0.0564. The van der Waals surface area contributed by atoms with Crippen molar-refractivity contribution in [2.24, 2.45) is 0 Å². The van der Waals surface area contributed by atoms with Crippen LogP contribution in [0.15, 0.2) is 48.5 Å². The van der Waals surface area contributed by atoms with Gasteiger partial charge in [0.2, 0.25) is 0 Å². The van der Waals surface area contributed by atoms with Gasteiger partial charge in [0.25, 0.3) is 0 Å². The Morgan fingerprint density at radius 3 is 2.58 bits per heavy atom. The van der Waals surface area contributed by atoms with E-state index in [9.17, 15) is 4.79 Å². The second-order valence-electron chi connectivity index (χ2n) is 3.98. The van der Waals surface area contributed by atoms with Crippen LogP contribution in [0.4, 0.5) is 0 Å². The van der Waals surface area contributed by atoms with Crippen molar-refractivity contribution in [2.75, 3.05) is 5.33 Å². The average Bonchev–Trinajstić information content (AvgIpc) is 2.46. The number of rotatable bonds is 5. The zero-order chi connectivity index (χ0) is 13.7. The molecular weight excluding hydrogens is 419 g/mol. The van der Waals surface area contributed by atoms with Crippen molar-refractivity contribution >= 4 is 44.3 Å². The van der Waals surface area contributed by atoms with E-state index >= 15 is 0 Å². The first-order valence-corrected chi connectivity index (χ1v) is 7.96. The molecule has 0 heterocycles. The van der Waals surface area contributed by atoms with Crippen molar-refractivity contribution in [1.29, 1.82) is 0 Å². The number of carbonyl (C=O) groups excluding carboxylic acids is 1. The lowest BCUT2D eigenvalue weighted by atomic mass is 10.1. The number of ether oxygens (including phenoxy) is 1. The Morgan fingerprint density at radius 2 is 1.89 bits per heavy atom. The molecule has 0 radical (unpaired) electrons. The zero-order valence-electron chi connectivity index (χ0n) is 10.1. The largest absolute Gasteiger partial charge is 0.488 e. The predicted octanol–water partition coefficient (Wildman–Crippen LogP) is 4.45. The van der Waals surface area contributed by atoms with Gasteiger partial charge in [0.15, 0.2) is 5.78 Å². The van der Waals surface area contributed by atoms with Gasteiger partial charge in [0, 0.05) is 5.56 Å². The second-order valence-corrected chi connectivity index (χ2v) is 5.70. The first kappa shape index (κ1) is 14.5. The molecule has 2 aromatic rings. The third-order valence-corrected chi connectivity index (χ3v) is 4.01. The Bertz CT molecular complexity index is 570. The van der Waals surface area contributed by atoms with Crippen molar-refractivity contribution in [3.8, 4) is 5.75 Å². The lowest BCUT2D eigenvalue weighted by Crippen LogP contribution is -2.02. The number of hydrogen-bond donors (Lipinski definition) is 0. The van der Waals surface area contributed by atoms with Gasteiger partial charge in [-0.1, -0.05) is 52.3 Å². The maximum Gasteiger partial charge on any atom is 0.173 e. The molecule has 0 amide bonds. The molecule has 2 rings (SSSR count). The molecule has 0 fully saturated rings. The molecule has 19 heavy (non-hydrogen) atoms. The van der Waals surface area contributed by atoms with Crippen LogP contribution in [-0.2, 0) is 6.61 Å². The minimum absolute atomic E-state index is 0.0564. The molecule has 0 unspecified atom stereocenters. The summed E-state index contributed by atoms with van der Waals surface area (Å²) in [6.07, 6.45) is 0. The second kappa shape index (κ2) is 7.05. The Hall–Kier alpha value is -0.880. The third-order valence-electron chi connectivity index (χ3n) is 2.61. The molecule has 2 nitrogen and oxygen atoms in total. The van der Waals surface area contributed by atoms with Crippen LogP contribution >= 0.6 is 38.5 Å². The predicted molar refractivity (Wildman–Crippen MR) is 88.1 cm³/mol. The number of alkyl halides is 1. The third kappa shape index (κ3) is 4.04. The van der Waals surface area contributed by atoms with Gasteiger partial charge in [0.1, 0.15) is 12.4 Å². The fraction of sp³-hybridized carbons (Fsp3) is 0.133. The van der Waals surface area contributed by atoms with Crippen molar-refractivity contribution in [1.82, 2.24) is 0 Å². The van der Waals surface area contributed by atoms with Crippen LogP contribution in [0.2, 0.25) is 0 Å². The fourth-order valence-corrected chi connectivity index (χ4v) is 2.41. The average molecular weight is 431 g/mol. The summed E-state index contributed by atoms with van der Waals surface area (Å²) in [4.78, 5) is 11.6. The highest BCUT2D eigenvalue weighted by Gasteiger charge is 2.08. The van der Waals surface area contributed by atoms with Crippen LogP contribution in [0.5, 0.6) is 5.75 Å². The number of Topliss-reactive ketones (excluding diaryl/α,β-unsaturated/α-hetero) is 1.